The van der Waals surface area contributed by atoms with Gasteiger partial charge in [0.1, 0.15) is 17.9 Å². The van der Waals surface area contributed by atoms with Crippen molar-refractivity contribution in [1.82, 2.24) is 19.5 Å². The fourth-order valence-corrected chi connectivity index (χ4v) is 4.34. The highest BCUT2D eigenvalue weighted by atomic mass is 32.2. The van der Waals surface area contributed by atoms with Crippen LogP contribution in [-0.4, -0.2) is 47.4 Å². The number of aromatic nitrogens is 3. The Bertz CT molecular complexity index is 824. The molecule has 0 saturated carbocycles. The quantitative estimate of drug-likeness (QED) is 0.884. The molecule has 1 saturated heterocycles. The third-order valence-corrected chi connectivity index (χ3v) is 5.74. The van der Waals surface area contributed by atoms with Crippen molar-refractivity contribution in [3.05, 3.63) is 36.4 Å². The van der Waals surface area contributed by atoms with E-state index in [0.717, 1.165) is 18.6 Å². The molecule has 136 valence electrons. The highest BCUT2D eigenvalue weighted by Crippen LogP contribution is 2.30. The number of sulfonamides is 1. The molecule has 0 spiro atoms. The third kappa shape index (κ3) is 4.10. The first-order valence-corrected chi connectivity index (χ1v) is 8.91. The van der Waals surface area contributed by atoms with Crippen LogP contribution in [0, 0.1) is 0 Å². The average molecular weight is 376 g/mol. The van der Waals surface area contributed by atoms with E-state index in [1.807, 2.05) is 0 Å². The second-order valence-electron chi connectivity index (χ2n) is 5.60. The number of nitrogens with one attached hydrogen (secondary N) is 1. The number of benzene rings is 1. The highest BCUT2D eigenvalue weighted by molar-refractivity contribution is 7.89. The van der Waals surface area contributed by atoms with Crippen LogP contribution >= 0.6 is 0 Å². The van der Waals surface area contributed by atoms with Gasteiger partial charge < -0.3 is 4.74 Å². The van der Waals surface area contributed by atoms with Gasteiger partial charge in [0.15, 0.2) is 0 Å². The molecule has 1 aromatic heterocycles. The Morgan fingerprint density at radius 1 is 1.32 bits per heavy atom. The summed E-state index contributed by atoms with van der Waals surface area (Å²) in [6.45, 7) is 0.471. The molecule has 25 heavy (non-hydrogen) atoms. The van der Waals surface area contributed by atoms with Crippen LogP contribution in [0.2, 0.25) is 0 Å². The molecule has 3 rings (SSSR count). The molecule has 2 heterocycles. The maximum absolute atomic E-state index is 12.8. The summed E-state index contributed by atoms with van der Waals surface area (Å²) in [4.78, 5) is 3.81. The molecule has 1 aliphatic rings. The molecular weight excluding hydrogens is 361 g/mol. The van der Waals surface area contributed by atoms with Gasteiger partial charge in [-0.05, 0) is 25.0 Å². The molecule has 0 aliphatic carbocycles. The lowest BCUT2D eigenvalue weighted by atomic mass is 9.99. The minimum atomic E-state index is -4.88. The first kappa shape index (κ1) is 17.7. The van der Waals surface area contributed by atoms with E-state index >= 15 is 0 Å². The summed E-state index contributed by atoms with van der Waals surface area (Å²) in [7, 11) is -3.94. The maximum Gasteiger partial charge on any atom is 0.573 e. The standard InChI is InChI=1S/C14H15F3N4O3S/c15-14(16,17)24-11-4-1-5-12(7-11)25(22,23)21-6-2-3-10(8-21)13-18-9-19-20-13/h1,4-5,7,9-10H,2-3,6,8H2,(H,18,19,20)/t10-/m1/s1. The van der Waals surface area contributed by atoms with E-state index in [1.165, 1.54) is 22.8 Å². The molecular formula is C14H15F3N4O3S. The van der Waals surface area contributed by atoms with Gasteiger partial charge in [-0.1, -0.05) is 6.07 Å². The first-order valence-electron chi connectivity index (χ1n) is 7.47. The molecule has 7 nitrogen and oxygen atoms in total. The normalized spacial score (nSPS) is 19.7. The van der Waals surface area contributed by atoms with Gasteiger partial charge in [0.2, 0.25) is 10.0 Å². The van der Waals surface area contributed by atoms with Crippen molar-refractivity contribution < 1.29 is 26.3 Å². The molecule has 1 fully saturated rings. The second-order valence-corrected chi connectivity index (χ2v) is 7.53. The molecule has 1 aliphatic heterocycles. The number of hydrogen-bond donors (Lipinski definition) is 1. The fraction of sp³-hybridized carbons (Fsp3) is 0.429. The van der Waals surface area contributed by atoms with Crippen molar-refractivity contribution in [1.29, 1.82) is 0 Å². The number of rotatable bonds is 4. The molecule has 0 radical (unpaired) electrons. The van der Waals surface area contributed by atoms with Crippen molar-refractivity contribution in [2.45, 2.75) is 30.0 Å². The van der Waals surface area contributed by atoms with Crippen LogP contribution in [0.1, 0.15) is 24.6 Å². The van der Waals surface area contributed by atoms with Crippen LogP contribution in [0.15, 0.2) is 35.5 Å². The van der Waals surface area contributed by atoms with Gasteiger partial charge in [-0.2, -0.15) is 9.40 Å². The van der Waals surface area contributed by atoms with Crippen LogP contribution in [-0.2, 0) is 10.0 Å². The average Bonchev–Trinajstić information content (AvgIpc) is 3.08. The summed E-state index contributed by atoms with van der Waals surface area (Å²) in [5.41, 5.74) is 0. The van der Waals surface area contributed by atoms with E-state index in [0.29, 0.717) is 12.2 Å². The summed E-state index contributed by atoms with van der Waals surface area (Å²) in [5, 5.41) is 6.49. The van der Waals surface area contributed by atoms with E-state index in [9.17, 15) is 21.6 Å². The van der Waals surface area contributed by atoms with E-state index in [1.54, 1.807) is 0 Å². The van der Waals surface area contributed by atoms with Crippen molar-refractivity contribution in [2.24, 2.45) is 0 Å². The number of aromatic amines is 1. The summed E-state index contributed by atoms with van der Waals surface area (Å²) < 4.78 is 67.6. The molecule has 0 bridgehead atoms. The SMILES string of the molecule is O=S(=O)(c1cccc(OC(F)(F)F)c1)N1CCC[C@@H](c2ncn[nH]2)C1. The number of alkyl halides is 3. The first-order chi connectivity index (χ1) is 11.8. The Morgan fingerprint density at radius 2 is 2.12 bits per heavy atom. The number of H-pyrrole nitrogens is 1. The summed E-state index contributed by atoms with van der Waals surface area (Å²) in [5.74, 6) is -0.118. The van der Waals surface area contributed by atoms with Crippen molar-refractivity contribution in [2.75, 3.05) is 13.1 Å². The van der Waals surface area contributed by atoms with E-state index < -0.39 is 22.1 Å². The predicted octanol–water partition coefficient (Wildman–Crippen LogP) is 2.27. The largest absolute Gasteiger partial charge is 0.573 e. The number of piperidine rings is 1. The minimum Gasteiger partial charge on any atom is -0.406 e. The molecule has 1 atom stereocenters. The topological polar surface area (TPSA) is 88.2 Å². The van der Waals surface area contributed by atoms with Gasteiger partial charge in [-0.3, -0.25) is 5.10 Å². The Kier molecular flexibility index (Phi) is 4.69. The lowest BCUT2D eigenvalue weighted by molar-refractivity contribution is -0.274. The summed E-state index contributed by atoms with van der Waals surface area (Å²) >= 11 is 0. The highest BCUT2D eigenvalue weighted by Gasteiger charge is 2.34. The van der Waals surface area contributed by atoms with Gasteiger partial charge in [-0.15, -0.1) is 13.2 Å². The molecule has 11 heteroatoms. The third-order valence-electron chi connectivity index (χ3n) is 3.88. The van der Waals surface area contributed by atoms with Crippen LogP contribution in [0.4, 0.5) is 13.2 Å². The summed E-state index contributed by atoms with van der Waals surface area (Å²) in [6.07, 6.45) is -2.17. The molecule has 0 amide bonds. The zero-order valence-electron chi connectivity index (χ0n) is 12.9. The van der Waals surface area contributed by atoms with Gasteiger partial charge in [0.05, 0.1) is 4.90 Å². The summed E-state index contributed by atoms with van der Waals surface area (Å²) in [6, 6.07) is 4.39. The van der Waals surface area contributed by atoms with Crippen LogP contribution in [0.25, 0.3) is 0 Å². The molecule has 0 unspecified atom stereocenters. The monoisotopic (exact) mass is 376 g/mol. The van der Waals surface area contributed by atoms with Gasteiger partial charge >= 0.3 is 6.36 Å². The molecule has 1 aromatic carbocycles. The van der Waals surface area contributed by atoms with Crippen LogP contribution in [0.3, 0.4) is 0 Å². The van der Waals surface area contributed by atoms with Crippen LogP contribution in [0.5, 0.6) is 5.75 Å². The molecule has 1 N–H and O–H groups in total. The van der Waals surface area contributed by atoms with Crippen molar-refractivity contribution in [3.63, 3.8) is 0 Å². The Balaban J connectivity index is 1.82. The van der Waals surface area contributed by atoms with Gasteiger partial charge in [0.25, 0.3) is 0 Å². The number of ether oxygens (including phenoxy) is 1. The van der Waals surface area contributed by atoms with Crippen molar-refractivity contribution in [3.8, 4) is 5.75 Å². The zero-order chi connectivity index (χ0) is 18.1. The Hall–Kier alpha value is -2.14. The second kappa shape index (κ2) is 6.64. The smallest absolute Gasteiger partial charge is 0.406 e. The lowest BCUT2D eigenvalue weighted by Gasteiger charge is -2.30. The predicted molar refractivity (Wildman–Crippen MR) is 80.2 cm³/mol. The Labute approximate surface area is 141 Å². The maximum atomic E-state index is 12.8. The van der Waals surface area contributed by atoms with E-state index in [-0.39, 0.29) is 23.9 Å². The van der Waals surface area contributed by atoms with Gasteiger partial charge in [-0.25, -0.2) is 13.4 Å². The Morgan fingerprint density at radius 3 is 2.80 bits per heavy atom. The van der Waals surface area contributed by atoms with Crippen molar-refractivity contribution >= 4 is 10.0 Å². The van der Waals surface area contributed by atoms with E-state index in [4.69, 9.17) is 0 Å². The number of halogens is 3. The fourth-order valence-electron chi connectivity index (χ4n) is 2.78. The van der Waals surface area contributed by atoms with E-state index in [2.05, 4.69) is 19.9 Å². The minimum absolute atomic E-state index is 0.138. The van der Waals surface area contributed by atoms with Crippen LogP contribution < -0.4 is 4.74 Å². The number of nitrogens with zero attached hydrogens (tertiary/aromatic N) is 3. The molecule has 2 aromatic rings. The lowest BCUT2D eigenvalue weighted by Crippen LogP contribution is -2.39. The number of hydrogen-bond acceptors (Lipinski definition) is 5. The van der Waals surface area contributed by atoms with Gasteiger partial charge in [0, 0.05) is 25.1 Å². The zero-order valence-corrected chi connectivity index (χ0v) is 13.7.